The monoisotopic (exact) mass is 283 g/mol. The quantitative estimate of drug-likeness (QED) is 0.794. The summed E-state index contributed by atoms with van der Waals surface area (Å²) in [5.41, 5.74) is 1.48. The lowest BCUT2D eigenvalue weighted by atomic mass is 9.92. The van der Waals surface area contributed by atoms with Crippen molar-refractivity contribution in [1.29, 1.82) is 0 Å². The molecule has 0 saturated heterocycles. The van der Waals surface area contributed by atoms with Crippen molar-refractivity contribution < 1.29 is 0 Å². The topological polar surface area (TPSA) is 28.2 Å². The second kappa shape index (κ2) is 7.36. The van der Waals surface area contributed by atoms with E-state index < -0.39 is 0 Å². The summed E-state index contributed by atoms with van der Waals surface area (Å²) in [6, 6.07) is 0. The number of nitrogens with zero attached hydrogens (tertiary/aromatic N) is 2. The molecule has 1 aromatic rings. The summed E-state index contributed by atoms with van der Waals surface area (Å²) in [5.74, 6) is 0.714. The van der Waals surface area contributed by atoms with Crippen molar-refractivity contribution in [2.24, 2.45) is 11.3 Å². The first-order valence-electron chi connectivity index (χ1n) is 7.09. The van der Waals surface area contributed by atoms with Crippen LogP contribution in [0.15, 0.2) is 5.38 Å². The van der Waals surface area contributed by atoms with E-state index in [9.17, 15) is 0 Å². The van der Waals surface area contributed by atoms with Crippen LogP contribution in [0.1, 0.15) is 38.4 Å². The summed E-state index contributed by atoms with van der Waals surface area (Å²) in [7, 11) is 2.18. The van der Waals surface area contributed by atoms with Gasteiger partial charge in [-0.2, -0.15) is 0 Å². The second-order valence-corrected chi connectivity index (χ2v) is 7.78. The van der Waals surface area contributed by atoms with Crippen LogP contribution in [0.25, 0.3) is 0 Å². The van der Waals surface area contributed by atoms with E-state index >= 15 is 0 Å². The molecule has 110 valence electrons. The number of nitrogens with one attached hydrogen (secondary N) is 1. The average Bonchev–Trinajstić information content (AvgIpc) is 2.61. The van der Waals surface area contributed by atoms with E-state index in [2.05, 4.69) is 62.2 Å². The van der Waals surface area contributed by atoms with Crippen LogP contribution in [0.4, 0.5) is 0 Å². The maximum Gasteiger partial charge on any atom is 0.0897 e. The molecule has 19 heavy (non-hydrogen) atoms. The molecule has 0 unspecified atom stereocenters. The van der Waals surface area contributed by atoms with Gasteiger partial charge in [0, 0.05) is 25.0 Å². The molecule has 1 rings (SSSR count). The Hall–Kier alpha value is -0.450. The van der Waals surface area contributed by atoms with Gasteiger partial charge in [0.25, 0.3) is 0 Å². The number of hydrogen-bond donors (Lipinski definition) is 1. The first-order valence-corrected chi connectivity index (χ1v) is 7.97. The smallest absolute Gasteiger partial charge is 0.0897 e. The van der Waals surface area contributed by atoms with Gasteiger partial charge in [-0.05, 0) is 31.8 Å². The Morgan fingerprint density at radius 1 is 1.42 bits per heavy atom. The van der Waals surface area contributed by atoms with Gasteiger partial charge in [-0.15, -0.1) is 11.3 Å². The van der Waals surface area contributed by atoms with Crippen molar-refractivity contribution >= 4 is 11.3 Å². The highest BCUT2D eigenvalue weighted by molar-refractivity contribution is 7.09. The van der Waals surface area contributed by atoms with Crippen LogP contribution in [-0.2, 0) is 6.54 Å². The Bertz CT molecular complexity index is 371. The Balaban J connectivity index is 2.35. The van der Waals surface area contributed by atoms with Crippen LogP contribution in [-0.4, -0.2) is 36.6 Å². The third-order valence-electron chi connectivity index (χ3n) is 2.95. The Morgan fingerprint density at radius 3 is 2.63 bits per heavy atom. The van der Waals surface area contributed by atoms with Gasteiger partial charge < -0.3 is 5.32 Å². The maximum absolute atomic E-state index is 4.53. The van der Waals surface area contributed by atoms with Gasteiger partial charge in [-0.1, -0.05) is 27.7 Å². The van der Waals surface area contributed by atoms with E-state index in [0.29, 0.717) is 5.92 Å². The van der Waals surface area contributed by atoms with Crippen LogP contribution in [0.2, 0.25) is 0 Å². The molecule has 0 aromatic carbocycles. The summed E-state index contributed by atoms with van der Waals surface area (Å²) >= 11 is 1.73. The molecule has 0 radical (unpaired) electrons. The highest BCUT2D eigenvalue weighted by Crippen LogP contribution is 2.17. The zero-order chi connectivity index (χ0) is 14.5. The molecule has 0 aliphatic rings. The fourth-order valence-electron chi connectivity index (χ4n) is 2.30. The van der Waals surface area contributed by atoms with Crippen molar-refractivity contribution in [2.45, 2.75) is 41.2 Å². The standard InChI is InChI=1S/C15H29N3S/c1-12(2)7-16-10-15(4,5)11-18(6)8-14-9-19-13(3)17-14/h9,12,16H,7-8,10-11H2,1-6H3. The molecular weight excluding hydrogens is 254 g/mol. The van der Waals surface area contributed by atoms with Crippen molar-refractivity contribution in [3.8, 4) is 0 Å². The predicted octanol–water partition coefficient (Wildman–Crippen LogP) is 3.16. The summed E-state index contributed by atoms with van der Waals surface area (Å²) in [5, 5.41) is 6.87. The van der Waals surface area contributed by atoms with Gasteiger partial charge in [0.15, 0.2) is 0 Å². The van der Waals surface area contributed by atoms with Gasteiger partial charge in [0.1, 0.15) is 0 Å². The minimum absolute atomic E-state index is 0.286. The Labute approximate surface area is 122 Å². The zero-order valence-corrected chi connectivity index (χ0v) is 14.1. The van der Waals surface area contributed by atoms with Crippen LogP contribution in [0.3, 0.4) is 0 Å². The van der Waals surface area contributed by atoms with Gasteiger partial charge in [-0.3, -0.25) is 4.90 Å². The van der Waals surface area contributed by atoms with Gasteiger partial charge in [0.05, 0.1) is 10.7 Å². The van der Waals surface area contributed by atoms with Gasteiger partial charge in [0.2, 0.25) is 0 Å². The van der Waals surface area contributed by atoms with Crippen LogP contribution < -0.4 is 5.32 Å². The molecule has 0 aliphatic carbocycles. The number of hydrogen-bond acceptors (Lipinski definition) is 4. The minimum Gasteiger partial charge on any atom is -0.316 e. The lowest BCUT2D eigenvalue weighted by Gasteiger charge is -2.30. The molecule has 0 fully saturated rings. The summed E-state index contributed by atoms with van der Waals surface area (Å²) < 4.78 is 0. The third kappa shape index (κ3) is 7.04. The Kier molecular flexibility index (Phi) is 6.43. The third-order valence-corrected chi connectivity index (χ3v) is 3.77. The summed E-state index contributed by atoms with van der Waals surface area (Å²) in [6.45, 7) is 15.4. The molecular formula is C15H29N3S. The van der Waals surface area contributed by atoms with E-state index in [-0.39, 0.29) is 5.41 Å². The van der Waals surface area contributed by atoms with Gasteiger partial charge >= 0.3 is 0 Å². The first-order chi connectivity index (χ1) is 8.78. The van der Waals surface area contributed by atoms with E-state index in [4.69, 9.17) is 0 Å². The lowest BCUT2D eigenvalue weighted by molar-refractivity contribution is 0.196. The van der Waals surface area contributed by atoms with E-state index in [1.807, 2.05) is 0 Å². The summed E-state index contributed by atoms with van der Waals surface area (Å²) in [4.78, 5) is 6.89. The fourth-order valence-corrected chi connectivity index (χ4v) is 2.90. The van der Waals surface area contributed by atoms with Crippen LogP contribution >= 0.6 is 11.3 Å². The highest BCUT2D eigenvalue weighted by atomic mass is 32.1. The molecule has 0 aliphatic heterocycles. The van der Waals surface area contributed by atoms with E-state index in [1.54, 1.807) is 11.3 Å². The van der Waals surface area contributed by atoms with Crippen molar-refractivity contribution in [3.05, 3.63) is 16.1 Å². The fraction of sp³-hybridized carbons (Fsp3) is 0.800. The second-order valence-electron chi connectivity index (χ2n) is 6.72. The number of rotatable bonds is 8. The van der Waals surface area contributed by atoms with E-state index in [1.165, 1.54) is 5.69 Å². The number of thiazole rings is 1. The van der Waals surface area contributed by atoms with Crippen molar-refractivity contribution in [3.63, 3.8) is 0 Å². The average molecular weight is 283 g/mol. The predicted molar refractivity (Wildman–Crippen MR) is 84.7 cm³/mol. The molecule has 0 spiro atoms. The molecule has 0 atom stereocenters. The lowest BCUT2D eigenvalue weighted by Crippen LogP contribution is -2.39. The molecule has 0 amide bonds. The maximum atomic E-state index is 4.53. The SMILES string of the molecule is Cc1nc(CN(C)CC(C)(C)CNCC(C)C)cs1. The summed E-state index contributed by atoms with van der Waals surface area (Å²) in [6.07, 6.45) is 0. The molecule has 0 bridgehead atoms. The molecule has 0 saturated carbocycles. The number of aromatic nitrogens is 1. The molecule has 1 aromatic heterocycles. The molecule has 4 heteroatoms. The minimum atomic E-state index is 0.286. The molecule has 3 nitrogen and oxygen atoms in total. The highest BCUT2D eigenvalue weighted by Gasteiger charge is 2.20. The largest absolute Gasteiger partial charge is 0.316 e. The Morgan fingerprint density at radius 2 is 2.11 bits per heavy atom. The zero-order valence-electron chi connectivity index (χ0n) is 13.3. The van der Waals surface area contributed by atoms with Crippen LogP contribution in [0, 0.1) is 18.3 Å². The van der Waals surface area contributed by atoms with E-state index in [0.717, 1.165) is 31.2 Å². The van der Waals surface area contributed by atoms with Crippen LogP contribution in [0.5, 0.6) is 0 Å². The number of aryl methyl sites for hydroxylation is 1. The van der Waals surface area contributed by atoms with Gasteiger partial charge in [-0.25, -0.2) is 4.98 Å². The van der Waals surface area contributed by atoms with Crippen molar-refractivity contribution in [1.82, 2.24) is 15.2 Å². The molecule has 1 heterocycles. The normalized spacial score (nSPS) is 12.6. The molecule has 1 N–H and O–H groups in total. The van der Waals surface area contributed by atoms with Crippen molar-refractivity contribution in [2.75, 3.05) is 26.7 Å². The first kappa shape index (κ1) is 16.6.